The monoisotopic (exact) mass is 270 g/mol. The van der Waals surface area contributed by atoms with Crippen LogP contribution in [0.15, 0.2) is 0 Å². The molecule has 1 aliphatic rings. The summed E-state index contributed by atoms with van der Waals surface area (Å²) in [5.74, 6) is -0.796. The van der Waals surface area contributed by atoms with Gasteiger partial charge in [0.05, 0.1) is 5.92 Å². The molecule has 60 valence electrons. The molecule has 2 nitrogen and oxygen atoms in total. The molecule has 4 heteroatoms. The van der Waals surface area contributed by atoms with Crippen molar-refractivity contribution in [3.8, 4) is 0 Å². The summed E-state index contributed by atoms with van der Waals surface area (Å²) in [6.45, 7) is 0. The van der Waals surface area contributed by atoms with E-state index in [-0.39, 0.29) is 30.2 Å². The summed E-state index contributed by atoms with van der Waals surface area (Å²) >= 11 is 3.37. The van der Waals surface area contributed by atoms with Gasteiger partial charge in [-0.1, -0.05) is 28.8 Å². The minimum Gasteiger partial charge on any atom is -0.481 e. The maximum atomic E-state index is 10.5. The van der Waals surface area contributed by atoms with Gasteiger partial charge in [-0.05, 0) is 12.8 Å². The topological polar surface area (TPSA) is 37.3 Å². The van der Waals surface area contributed by atoms with Crippen LogP contribution in [0.1, 0.15) is 25.7 Å². The van der Waals surface area contributed by atoms with Crippen LogP contribution < -0.4 is 0 Å². The standard InChI is InChI=1S/C7H11BrO2.Zn/c8-6-4-2-1-3-5(6)7(9)10;/h5-6H,1-4H2,(H,9,10);. The van der Waals surface area contributed by atoms with E-state index < -0.39 is 5.97 Å². The molecule has 11 heavy (non-hydrogen) atoms. The predicted molar refractivity (Wildman–Crippen MR) is 42.3 cm³/mol. The second-order valence-corrected chi connectivity index (χ2v) is 3.92. The fraction of sp³-hybridized carbons (Fsp3) is 0.857. The van der Waals surface area contributed by atoms with Crippen molar-refractivity contribution in [2.45, 2.75) is 30.5 Å². The first kappa shape index (κ1) is 11.6. The Morgan fingerprint density at radius 1 is 1.36 bits per heavy atom. The molecular formula is C7H11BrO2Zn. The van der Waals surface area contributed by atoms with Crippen LogP contribution in [0.5, 0.6) is 0 Å². The maximum absolute atomic E-state index is 10.5. The summed E-state index contributed by atoms with van der Waals surface area (Å²) in [4.78, 5) is 10.7. The molecule has 2 unspecified atom stereocenters. The van der Waals surface area contributed by atoms with E-state index in [2.05, 4.69) is 15.9 Å². The fourth-order valence-electron chi connectivity index (χ4n) is 1.36. The number of rotatable bonds is 1. The van der Waals surface area contributed by atoms with Gasteiger partial charge in [0.1, 0.15) is 0 Å². The SMILES string of the molecule is O=C(O)C1CCCCC1Br.[Zn]. The molecule has 0 aromatic rings. The molecule has 0 bridgehead atoms. The summed E-state index contributed by atoms with van der Waals surface area (Å²) in [5.41, 5.74) is 0. The summed E-state index contributed by atoms with van der Waals surface area (Å²) in [6, 6.07) is 0. The number of carboxylic acid groups (broad SMARTS) is 1. The molecule has 0 aromatic heterocycles. The van der Waals surface area contributed by atoms with Crippen molar-refractivity contribution in [2.24, 2.45) is 5.92 Å². The van der Waals surface area contributed by atoms with Crippen molar-refractivity contribution in [1.29, 1.82) is 0 Å². The van der Waals surface area contributed by atoms with E-state index in [1.54, 1.807) is 0 Å². The second kappa shape index (κ2) is 5.26. The van der Waals surface area contributed by atoms with Gasteiger partial charge in [0.15, 0.2) is 0 Å². The van der Waals surface area contributed by atoms with Crippen LogP contribution in [-0.4, -0.2) is 15.9 Å². The Morgan fingerprint density at radius 2 is 1.91 bits per heavy atom. The van der Waals surface area contributed by atoms with Gasteiger partial charge in [0.2, 0.25) is 0 Å². The number of hydrogen-bond acceptors (Lipinski definition) is 1. The average Bonchev–Trinajstić information content (AvgIpc) is 1.88. The van der Waals surface area contributed by atoms with E-state index in [0.717, 1.165) is 19.3 Å². The summed E-state index contributed by atoms with van der Waals surface area (Å²) in [6.07, 6.45) is 4.08. The zero-order chi connectivity index (χ0) is 7.56. The van der Waals surface area contributed by atoms with E-state index in [0.29, 0.717) is 0 Å². The quantitative estimate of drug-likeness (QED) is 0.586. The third-order valence-corrected chi connectivity index (χ3v) is 3.09. The third-order valence-electron chi connectivity index (χ3n) is 2.00. The molecule has 0 saturated heterocycles. The second-order valence-electron chi connectivity index (χ2n) is 2.75. The molecule has 0 amide bonds. The molecular weight excluding hydrogens is 261 g/mol. The van der Waals surface area contributed by atoms with Crippen molar-refractivity contribution >= 4 is 21.9 Å². The first-order valence-corrected chi connectivity index (χ1v) is 4.50. The number of hydrogen-bond donors (Lipinski definition) is 1. The number of aliphatic carboxylic acids is 1. The molecule has 0 heterocycles. The van der Waals surface area contributed by atoms with Crippen LogP contribution in [0.25, 0.3) is 0 Å². The molecule has 0 spiro atoms. The predicted octanol–water partition coefficient (Wildman–Crippen LogP) is 2.02. The number of carbonyl (C=O) groups is 1. The van der Waals surface area contributed by atoms with Gasteiger partial charge >= 0.3 is 5.97 Å². The van der Waals surface area contributed by atoms with Gasteiger partial charge in [0, 0.05) is 24.3 Å². The van der Waals surface area contributed by atoms with Crippen LogP contribution in [0.4, 0.5) is 0 Å². The number of carboxylic acids is 1. The van der Waals surface area contributed by atoms with Crippen molar-refractivity contribution in [1.82, 2.24) is 0 Å². The number of halogens is 1. The van der Waals surface area contributed by atoms with E-state index in [1.807, 2.05) is 0 Å². The molecule has 1 rings (SSSR count). The van der Waals surface area contributed by atoms with Crippen LogP contribution in [0.3, 0.4) is 0 Å². The minimum atomic E-state index is -0.651. The van der Waals surface area contributed by atoms with Crippen molar-refractivity contribution < 1.29 is 29.4 Å². The van der Waals surface area contributed by atoms with Gasteiger partial charge in [-0.25, -0.2) is 0 Å². The zero-order valence-corrected chi connectivity index (χ0v) is 11.0. The van der Waals surface area contributed by atoms with E-state index in [4.69, 9.17) is 5.11 Å². The maximum Gasteiger partial charge on any atom is 0.307 e. The fourth-order valence-corrected chi connectivity index (χ4v) is 2.18. The third kappa shape index (κ3) is 3.20. The average molecular weight is 272 g/mol. The molecule has 0 radical (unpaired) electrons. The summed E-state index contributed by atoms with van der Waals surface area (Å²) in [5, 5.41) is 8.68. The van der Waals surface area contributed by atoms with Gasteiger partial charge < -0.3 is 5.11 Å². The van der Waals surface area contributed by atoms with Crippen LogP contribution in [0, 0.1) is 5.92 Å². The Bertz CT molecular complexity index is 140. The Balaban J connectivity index is 0.000001000. The van der Waals surface area contributed by atoms with Crippen LogP contribution in [0.2, 0.25) is 0 Å². The van der Waals surface area contributed by atoms with E-state index in [1.165, 1.54) is 6.42 Å². The molecule has 1 aliphatic carbocycles. The number of alkyl halides is 1. The normalized spacial score (nSPS) is 30.6. The Hall–Kier alpha value is 0.573. The van der Waals surface area contributed by atoms with E-state index in [9.17, 15) is 4.79 Å². The largest absolute Gasteiger partial charge is 0.481 e. The van der Waals surface area contributed by atoms with E-state index >= 15 is 0 Å². The summed E-state index contributed by atoms with van der Waals surface area (Å²) in [7, 11) is 0. The first-order chi connectivity index (χ1) is 4.72. The van der Waals surface area contributed by atoms with Gasteiger partial charge in [-0.2, -0.15) is 0 Å². The van der Waals surface area contributed by atoms with Crippen LogP contribution in [-0.2, 0) is 24.3 Å². The first-order valence-electron chi connectivity index (χ1n) is 3.58. The smallest absolute Gasteiger partial charge is 0.307 e. The Morgan fingerprint density at radius 3 is 2.27 bits per heavy atom. The van der Waals surface area contributed by atoms with Gasteiger partial charge in [-0.15, -0.1) is 0 Å². The molecule has 0 aromatic carbocycles. The van der Waals surface area contributed by atoms with Gasteiger partial charge in [0.25, 0.3) is 0 Å². The van der Waals surface area contributed by atoms with Crippen molar-refractivity contribution in [3.63, 3.8) is 0 Å². The zero-order valence-electron chi connectivity index (χ0n) is 6.42. The minimum absolute atomic E-state index is 0. The molecule has 1 N–H and O–H groups in total. The Kier molecular flexibility index (Phi) is 5.53. The molecule has 1 fully saturated rings. The van der Waals surface area contributed by atoms with Gasteiger partial charge in [-0.3, -0.25) is 4.79 Å². The molecule has 0 aliphatic heterocycles. The van der Waals surface area contributed by atoms with Crippen molar-refractivity contribution in [2.75, 3.05) is 0 Å². The van der Waals surface area contributed by atoms with Crippen LogP contribution >= 0.6 is 15.9 Å². The molecule has 1 saturated carbocycles. The summed E-state index contributed by atoms with van der Waals surface area (Å²) < 4.78 is 0. The Labute approximate surface area is 87.6 Å². The molecule has 2 atom stereocenters. The van der Waals surface area contributed by atoms with Crippen molar-refractivity contribution in [3.05, 3.63) is 0 Å².